The Hall–Kier alpha value is -3.27. The van der Waals surface area contributed by atoms with E-state index in [0.29, 0.717) is 5.57 Å². The minimum Gasteiger partial charge on any atom is -0.402 e. The summed E-state index contributed by atoms with van der Waals surface area (Å²) >= 11 is 0. The average molecular weight is 331 g/mol. The van der Waals surface area contributed by atoms with E-state index in [-0.39, 0.29) is 23.8 Å². The highest BCUT2D eigenvalue weighted by molar-refractivity contribution is 6.12. The molecule has 4 heteroatoms. The van der Waals surface area contributed by atoms with Crippen molar-refractivity contribution in [1.29, 1.82) is 0 Å². The van der Waals surface area contributed by atoms with Gasteiger partial charge in [0.1, 0.15) is 5.83 Å². The lowest BCUT2D eigenvalue weighted by Crippen LogP contribution is -2.05. The summed E-state index contributed by atoms with van der Waals surface area (Å²) in [6, 6.07) is 13.7. The van der Waals surface area contributed by atoms with E-state index < -0.39 is 5.97 Å². The number of hydrogen-bond donors (Lipinski definition) is 0. The van der Waals surface area contributed by atoms with Gasteiger partial charge in [-0.05, 0) is 40.6 Å². The molecule has 0 N–H and O–H groups in total. The van der Waals surface area contributed by atoms with Crippen LogP contribution < -0.4 is 0 Å². The van der Waals surface area contributed by atoms with E-state index in [0.717, 1.165) is 16.3 Å². The van der Waals surface area contributed by atoms with Gasteiger partial charge in [0.25, 0.3) is 0 Å². The maximum Gasteiger partial charge on any atom is 0.363 e. The zero-order valence-corrected chi connectivity index (χ0v) is 13.3. The van der Waals surface area contributed by atoms with Crippen molar-refractivity contribution in [3.05, 3.63) is 95.5 Å². The number of cyclic esters (lactones) is 1. The normalized spacial score (nSPS) is 18.7. The number of carbonyl (C=O) groups excluding carboxylic acids is 1. The fraction of sp³-hybridized carbons (Fsp3) is 0.0476. The fourth-order valence-corrected chi connectivity index (χ4v) is 2.73. The van der Waals surface area contributed by atoms with Crippen molar-refractivity contribution in [2.45, 2.75) is 6.42 Å². The predicted molar refractivity (Wildman–Crippen MR) is 95.7 cm³/mol. The minimum absolute atomic E-state index is 0.203. The van der Waals surface area contributed by atoms with E-state index in [2.05, 4.69) is 4.99 Å². The second kappa shape index (κ2) is 6.32. The Labute approximate surface area is 144 Å². The molecule has 0 radical (unpaired) electrons. The van der Waals surface area contributed by atoms with E-state index in [1.54, 1.807) is 24.3 Å². The Kier molecular flexibility index (Phi) is 3.86. The third kappa shape index (κ3) is 3.19. The van der Waals surface area contributed by atoms with Gasteiger partial charge in [-0.3, -0.25) is 0 Å². The number of fused-ring (bicyclic) bond motifs is 1. The van der Waals surface area contributed by atoms with Crippen molar-refractivity contribution in [3.8, 4) is 0 Å². The summed E-state index contributed by atoms with van der Waals surface area (Å²) in [7, 11) is 0. The van der Waals surface area contributed by atoms with Crippen LogP contribution in [0.15, 0.2) is 94.9 Å². The molecule has 0 bridgehead atoms. The predicted octanol–water partition coefficient (Wildman–Crippen LogP) is 4.77. The van der Waals surface area contributed by atoms with E-state index in [1.807, 2.05) is 42.5 Å². The van der Waals surface area contributed by atoms with Gasteiger partial charge < -0.3 is 4.74 Å². The summed E-state index contributed by atoms with van der Waals surface area (Å²) in [5.74, 6) is -0.452. The van der Waals surface area contributed by atoms with Crippen molar-refractivity contribution in [2.75, 3.05) is 0 Å². The molecule has 1 aliphatic heterocycles. The first-order valence-corrected chi connectivity index (χ1v) is 7.94. The number of hydrogen-bond acceptors (Lipinski definition) is 3. The first kappa shape index (κ1) is 15.3. The molecule has 0 spiro atoms. The molecular formula is C21H14FNO2. The van der Waals surface area contributed by atoms with E-state index in [1.165, 1.54) is 6.08 Å². The average Bonchev–Trinajstić information content (AvgIpc) is 2.86. The highest BCUT2D eigenvalue weighted by Gasteiger charge is 2.24. The quantitative estimate of drug-likeness (QED) is 0.587. The fourth-order valence-electron chi connectivity index (χ4n) is 2.73. The van der Waals surface area contributed by atoms with Gasteiger partial charge in [0.05, 0.1) is 0 Å². The molecule has 0 fully saturated rings. The van der Waals surface area contributed by atoms with Crippen LogP contribution in [-0.2, 0) is 9.53 Å². The van der Waals surface area contributed by atoms with Gasteiger partial charge in [-0.15, -0.1) is 0 Å². The number of halogens is 1. The molecule has 0 unspecified atom stereocenters. The van der Waals surface area contributed by atoms with Crippen LogP contribution in [0.25, 0.3) is 10.8 Å². The molecule has 3 nitrogen and oxygen atoms in total. The maximum absolute atomic E-state index is 13.2. The van der Waals surface area contributed by atoms with E-state index >= 15 is 0 Å². The molecule has 0 amide bonds. The Balaban J connectivity index is 1.68. The van der Waals surface area contributed by atoms with Crippen molar-refractivity contribution in [3.63, 3.8) is 0 Å². The molecule has 122 valence electrons. The Morgan fingerprint density at radius 1 is 1.08 bits per heavy atom. The number of carbonyl (C=O) groups is 1. The molecule has 2 aliphatic rings. The van der Waals surface area contributed by atoms with Crippen LogP contribution >= 0.6 is 0 Å². The smallest absolute Gasteiger partial charge is 0.363 e. The lowest BCUT2D eigenvalue weighted by molar-refractivity contribution is -0.130. The van der Waals surface area contributed by atoms with Crippen LogP contribution in [0, 0.1) is 0 Å². The second-order valence-corrected chi connectivity index (χ2v) is 5.78. The van der Waals surface area contributed by atoms with Crippen LogP contribution in [0.5, 0.6) is 0 Å². The highest BCUT2D eigenvalue weighted by atomic mass is 19.1. The SMILES string of the molecule is O=C1OC(c2ccc3ccccc3c2)=N/C1=C\C1=CC=C(F)CC=C1. The Morgan fingerprint density at radius 2 is 1.92 bits per heavy atom. The van der Waals surface area contributed by atoms with Gasteiger partial charge in [-0.2, -0.15) is 0 Å². The Morgan fingerprint density at radius 3 is 2.80 bits per heavy atom. The first-order chi connectivity index (χ1) is 12.2. The molecule has 1 aliphatic carbocycles. The van der Waals surface area contributed by atoms with E-state index in [9.17, 15) is 9.18 Å². The number of rotatable bonds is 2. The third-order valence-corrected chi connectivity index (χ3v) is 4.00. The first-order valence-electron chi connectivity index (χ1n) is 7.94. The van der Waals surface area contributed by atoms with Gasteiger partial charge in [0.2, 0.25) is 5.90 Å². The monoisotopic (exact) mass is 331 g/mol. The molecule has 25 heavy (non-hydrogen) atoms. The van der Waals surface area contributed by atoms with Crippen LogP contribution in [0.4, 0.5) is 4.39 Å². The third-order valence-electron chi connectivity index (χ3n) is 4.00. The summed E-state index contributed by atoms with van der Waals surface area (Å²) in [5, 5.41) is 2.15. The molecule has 4 rings (SSSR count). The summed E-state index contributed by atoms with van der Waals surface area (Å²) < 4.78 is 18.5. The largest absolute Gasteiger partial charge is 0.402 e. The van der Waals surface area contributed by atoms with Gasteiger partial charge in [0.15, 0.2) is 5.70 Å². The van der Waals surface area contributed by atoms with Gasteiger partial charge >= 0.3 is 5.97 Å². The van der Waals surface area contributed by atoms with Gasteiger partial charge in [0, 0.05) is 12.0 Å². The van der Waals surface area contributed by atoms with E-state index in [4.69, 9.17) is 4.74 Å². The van der Waals surface area contributed by atoms with Gasteiger partial charge in [-0.1, -0.05) is 48.6 Å². The molecule has 2 aromatic rings. The topological polar surface area (TPSA) is 38.7 Å². The molecule has 1 heterocycles. The zero-order valence-electron chi connectivity index (χ0n) is 13.3. The number of esters is 1. The lowest BCUT2D eigenvalue weighted by Gasteiger charge is -2.02. The maximum atomic E-state index is 13.2. The summed E-state index contributed by atoms with van der Waals surface area (Å²) in [5.41, 5.74) is 1.64. The van der Waals surface area contributed by atoms with Crippen LogP contribution in [-0.4, -0.2) is 11.9 Å². The molecule has 0 aromatic heterocycles. The van der Waals surface area contributed by atoms with Crippen molar-refractivity contribution in [1.82, 2.24) is 0 Å². The molecule has 0 saturated heterocycles. The molecule has 0 saturated carbocycles. The van der Waals surface area contributed by atoms with Crippen LogP contribution in [0.1, 0.15) is 12.0 Å². The molecular weight excluding hydrogens is 317 g/mol. The lowest BCUT2D eigenvalue weighted by atomic mass is 10.1. The second-order valence-electron chi connectivity index (χ2n) is 5.78. The van der Waals surface area contributed by atoms with Gasteiger partial charge in [-0.25, -0.2) is 14.2 Å². The number of aliphatic imine (C=N–C) groups is 1. The van der Waals surface area contributed by atoms with Crippen molar-refractivity contribution in [2.24, 2.45) is 4.99 Å². The molecule has 2 aromatic carbocycles. The highest BCUT2D eigenvalue weighted by Crippen LogP contribution is 2.22. The number of ether oxygens (including phenoxy) is 1. The van der Waals surface area contributed by atoms with Crippen LogP contribution in [0.2, 0.25) is 0 Å². The minimum atomic E-state index is -0.508. The van der Waals surface area contributed by atoms with Crippen LogP contribution in [0.3, 0.4) is 0 Å². The standard InChI is InChI=1S/C21H14FNO2/c22-18-7-3-4-14(8-11-18)12-19-21(24)25-20(23-19)17-10-9-15-5-1-2-6-16(15)13-17/h1-6,8-13H,7H2/b19-12-. The Bertz CT molecular complexity index is 1030. The van der Waals surface area contributed by atoms with Crippen molar-refractivity contribution < 1.29 is 13.9 Å². The van der Waals surface area contributed by atoms with Crippen molar-refractivity contribution >= 4 is 22.6 Å². The summed E-state index contributed by atoms with van der Waals surface area (Å²) in [4.78, 5) is 16.4. The number of nitrogens with zero attached hydrogens (tertiary/aromatic N) is 1. The molecule has 0 atom stereocenters. The summed E-state index contributed by atoms with van der Waals surface area (Å²) in [6.45, 7) is 0. The number of allylic oxidation sites excluding steroid dienone is 7. The summed E-state index contributed by atoms with van der Waals surface area (Å²) in [6.07, 6.45) is 8.31. The number of benzene rings is 2. The zero-order chi connectivity index (χ0) is 17.2.